The Morgan fingerprint density at radius 2 is 2.40 bits per heavy atom. The van der Waals surface area contributed by atoms with Crippen molar-refractivity contribution in [2.45, 2.75) is 38.8 Å². The van der Waals surface area contributed by atoms with E-state index < -0.39 is 12.0 Å². The van der Waals surface area contributed by atoms with E-state index in [1.807, 2.05) is 0 Å². The third-order valence-electron chi connectivity index (χ3n) is 3.48. The first kappa shape index (κ1) is 15.3. The molecule has 112 valence electrons. The first-order valence-corrected chi connectivity index (χ1v) is 7.39. The summed E-state index contributed by atoms with van der Waals surface area (Å²) in [5, 5.41) is 12.5. The zero-order chi connectivity index (χ0) is 14.5. The summed E-state index contributed by atoms with van der Waals surface area (Å²) in [5.74, 6) is 0.103. The van der Waals surface area contributed by atoms with Gasteiger partial charge in [-0.2, -0.15) is 0 Å². The van der Waals surface area contributed by atoms with E-state index in [1.165, 1.54) is 0 Å². The van der Waals surface area contributed by atoms with Crippen molar-refractivity contribution in [3.63, 3.8) is 0 Å². The first-order valence-electron chi connectivity index (χ1n) is 7.02. The third kappa shape index (κ3) is 3.94. The van der Waals surface area contributed by atoms with E-state index in [9.17, 15) is 4.79 Å². The number of hydrogen-bond donors (Lipinski definition) is 3. The summed E-state index contributed by atoms with van der Waals surface area (Å²) in [6, 6.07) is -0.509. The molecule has 7 heteroatoms. The van der Waals surface area contributed by atoms with Crippen molar-refractivity contribution in [3.8, 4) is 0 Å². The highest BCUT2D eigenvalue weighted by Gasteiger charge is 2.25. The summed E-state index contributed by atoms with van der Waals surface area (Å²) in [5.41, 5.74) is 0.879. The highest BCUT2D eigenvalue weighted by molar-refractivity contribution is 6.30. The van der Waals surface area contributed by atoms with Gasteiger partial charge in [-0.15, -0.1) is 0 Å². The van der Waals surface area contributed by atoms with Gasteiger partial charge in [-0.1, -0.05) is 24.9 Å². The highest BCUT2D eigenvalue weighted by atomic mass is 35.5. The Hall–Kier alpha value is -1.11. The van der Waals surface area contributed by atoms with Gasteiger partial charge in [-0.25, -0.2) is 4.98 Å². The van der Waals surface area contributed by atoms with Gasteiger partial charge in [0.05, 0.1) is 5.69 Å². The molecule has 3 N–H and O–H groups in total. The molecule has 1 unspecified atom stereocenters. The number of aromatic nitrogens is 2. The van der Waals surface area contributed by atoms with Crippen LogP contribution >= 0.6 is 11.6 Å². The van der Waals surface area contributed by atoms with E-state index >= 15 is 0 Å². The lowest BCUT2D eigenvalue weighted by atomic mass is 10.2. The first-order chi connectivity index (χ1) is 9.60. The lowest BCUT2D eigenvalue weighted by Crippen LogP contribution is -2.53. The Labute approximate surface area is 123 Å². The molecule has 0 amide bonds. The Balaban J connectivity index is 1.95. The number of piperazine rings is 1. The maximum atomic E-state index is 11.0. The Kier molecular flexibility index (Phi) is 5.39. The molecule has 1 atom stereocenters. The molecule has 1 aliphatic rings. The second-order valence-electron chi connectivity index (χ2n) is 5.14. The minimum Gasteiger partial charge on any atom is -0.480 e. The molecule has 1 fully saturated rings. The summed E-state index contributed by atoms with van der Waals surface area (Å²) < 4.78 is 0. The number of hydrogen-bond acceptors (Lipinski definition) is 4. The Bertz CT molecular complexity index is 463. The molecule has 0 radical (unpaired) electrons. The van der Waals surface area contributed by atoms with Gasteiger partial charge in [0, 0.05) is 32.6 Å². The second-order valence-corrected chi connectivity index (χ2v) is 5.49. The number of aliphatic carboxylic acids is 1. The largest absolute Gasteiger partial charge is 0.480 e. The van der Waals surface area contributed by atoms with Crippen molar-refractivity contribution in [3.05, 3.63) is 16.7 Å². The van der Waals surface area contributed by atoms with Gasteiger partial charge in [0.1, 0.15) is 11.9 Å². The van der Waals surface area contributed by atoms with Gasteiger partial charge >= 0.3 is 5.97 Å². The maximum absolute atomic E-state index is 11.0. The summed E-state index contributed by atoms with van der Waals surface area (Å²) in [4.78, 5) is 20.7. The van der Waals surface area contributed by atoms with E-state index in [-0.39, 0.29) is 0 Å². The van der Waals surface area contributed by atoms with Gasteiger partial charge in [0.2, 0.25) is 0 Å². The fourth-order valence-corrected chi connectivity index (χ4v) is 2.56. The smallest absolute Gasteiger partial charge is 0.322 e. The molecular formula is C13H21ClN4O2. The van der Waals surface area contributed by atoms with Crippen molar-refractivity contribution < 1.29 is 9.90 Å². The summed E-state index contributed by atoms with van der Waals surface area (Å²) >= 11 is 6.14. The molecule has 1 aromatic heterocycles. The predicted molar refractivity (Wildman–Crippen MR) is 76.9 cm³/mol. The van der Waals surface area contributed by atoms with Crippen LogP contribution in [0, 0.1) is 0 Å². The molecule has 0 saturated carbocycles. The fourth-order valence-electron chi connectivity index (χ4n) is 2.35. The van der Waals surface area contributed by atoms with Gasteiger partial charge in [0.15, 0.2) is 5.15 Å². The SMILES string of the molecule is CCCCc1nc(Cl)c(CN2CCNC(C(=O)O)C2)[nH]1. The van der Waals surface area contributed by atoms with Crippen LogP contribution in [0.3, 0.4) is 0 Å². The van der Waals surface area contributed by atoms with E-state index in [0.29, 0.717) is 24.8 Å². The average Bonchev–Trinajstić information content (AvgIpc) is 2.77. The lowest BCUT2D eigenvalue weighted by molar-refractivity contribution is -0.140. The number of nitrogens with one attached hydrogen (secondary N) is 2. The molecule has 2 rings (SSSR count). The molecule has 6 nitrogen and oxygen atoms in total. The van der Waals surface area contributed by atoms with Crippen LogP contribution in [-0.2, 0) is 17.8 Å². The number of carboxylic acids is 1. The minimum absolute atomic E-state index is 0.481. The van der Waals surface area contributed by atoms with Crippen molar-refractivity contribution in [2.24, 2.45) is 0 Å². The lowest BCUT2D eigenvalue weighted by Gasteiger charge is -2.31. The topological polar surface area (TPSA) is 81.2 Å². The van der Waals surface area contributed by atoms with E-state index in [0.717, 1.165) is 37.3 Å². The number of aryl methyl sites for hydroxylation is 1. The minimum atomic E-state index is -0.811. The van der Waals surface area contributed by atoms with Gasteiger partial charge in [-0.3, -0.25) is 9.69 Å². The van der Waals surface area contributed by atoms with Crippen LogP contribution < -0.4 is 5.32 Å². The fraction of sp³-hybridized carbons (Fsp3) is 0.692. The molecule has 0 aliphatic carbocycles. The molecule has 2 heterocycles. The van der Waals surface area contributed by atoms with Crippen LogP contribution in [0.25, 0.3) is 0 Å². The second kappa shape index (κ2) is 7.06. The molecular weight excluding hydrogens is 280 g/mol. The monoisotopic (exact) mass is 300 g/mol. The van der Waals surface area contributed by atoms with E-state index in [4.69, 9.17) is 16.7 Å². The van der Waals surface area contributed by atoms with Crippen LogP contribution in [0.2, 0.25) is 5.15 Å². The maximum Gasteiger partial charge on any atom is 0.322 e. The quantitative estimate of drug-likeness (QED) is 0.737. The third-order valence-corrected chi connectivity index (χ3v) is 3.80. The number of nitrogens with zero attached hydrogens (tertiary/aromatic N) is 2. The summed E-state index contributed by atoms with van der Waals surface area (Å²) in [7, 11) is 0. The number of carboxylic acid groups (broad SMARTS) is 1. The molecule has 1 saturated heterocycles. The molecule has 0 bridgehead atoms. The van der Waals surface area contributed by atoms with Gasteiger partial charge < -0.3 is 15.4 Å². The Morgan fingerprint density at radius 3 is 3.10 bits per heavy atom. The van der Waals surface area contributed by atoms with Crippen LogP contribution in [0.4, 0.5) is 0 Å². The summed E-state index contributed by atoms with van der Waals surface area (Å²) in [6.45, 7) is 4.71. The van der Waals surface area contributed by atoms with Crippen LogP contribution in [-0.4, -0.2) is 51.6 Å². The van der Waals surface area contributed by atoms with Crippen LogP contribution in [0.15, 0.2) is 0 Å². The Morgan fingerprint density at radius 1 is 1.60 bits per heavy atom. The van der Waals surface area contributed by atoms with Crippen LogP contribution in [0.5, 0.6) is 0 Å². The normalized spacial score (nSPS) is 20.2. The van der Waals surface area contributed by atoms with Crippen molar-refractivity contribution >= 4 is 17.6 Å². The van der Waals surface area contributed by atoms with Crippen molar-refractivity contribution in [1.29, 1.82) is 0 Å². The van der Waals surface area contributed by atoms with Gasteiger partial charge in [-0.05, 0) is 6.42 Å². The zero-order valence-electron chi connectivity index (χ0n) is 11.7. The molecule has 20 heavy (non-hydrogen) atoms. The predicted octanol–water partition coefficient (Wildman–Crippen LogP) is 1.26. The van der Waals surface area contributed by atoms with E-state index in [1.54, 1.807) is 0 Å². The number of aromatic amines is 1. The molecule has 0 spiro atoms. The highest BCUT2D eigenvalue weighted by Crippen LogP contribution is 2.17. The number of carbonyl (C=O) groups is 1. The average molecular weight is 301 g/mol. The number of halogens is 1. The number of imidazole rings is 1. The summed E-state index contributed by atoms with van der Waals surface area (Å²) in [6.07, 6.45) is 3.10. The zero-order valence-corrected chi connectivity index (χ0v) is 12.4. The molecule has 0 aromatic carbocycles. The number of H-pyrrole nitrogens is 1. The molecule has 1 aromatic rings. The standard InChI is InChI=1S/C13H21ClN4O2/c1-2-3-4-11-16-9(12(14)17-11)7-18-6-5-15-10(8-18)13(19)20/h10,15H,2-8H2,1H3,(H,16,17)(H,19,20). The van der Waals surface area contributed by atoms with Gasteiger partial charge in [0.25, 0.3) is 0 Å². The van der Waals surface area contributed by atoms with E-state index in [2.05, 4.69) is 27.1 Å². The number of rotatable bonds is 6. The van der Waals surface area contributed by atoms with Crippen molar-refractivity contribution in [1.82, 2.24) is 20.2 Å². The molecule has 1 aliphatic heterocycles. The number of unbranched alkanes of at least 4 members (excludes halogenated alkanes) is 1. The van der Waals surface area contributed by atoms with Crippen LogP contribution in [0.1, 0.15) is 31.3 Å². The van der Waals surface area contributed by atoms with Crippen molar-refractivity contribution in [2.75, 3.05) is 19.6 Å².